The average molecular weight is 818 g/mol. The summed E-state index contributed by atoms with van der Waals surface area (Å²) in [5.74, 6) is 0. The first-order valence-electron chi connectivity index (χ1n) is 22.0. The van der Waals surface area contributed by atoms with E-state index >= 15 is 0 Å². The summed E-state index contributed by atoms with van der Waals surface area (Å²) in [5.41, 5.74) is 19.7. The summed E-state index contributed by atoms with van der Waals surface area (Å²) in [6.45, 7) is 0. The van der Waals surface area contributed by atoms with Crippen molar-refractivity contribution in [1.29, 1.82) is 0 Å². The molecule has 1 spiro atoms. The summed E-state index contributed by atoms with van der Waals surface area (Å²) in [4.78, 5) is 7.15. The number of fused-ring (bicyclic) bond motifs is 10. The van der Waals surface area contributed by atoms with Gasteiger partial charge in [0.2, 0.25) is 0 Å². The minimum Gasteiger partial charge on any atom is -0.310 e. The average Bonchev–Trinajstić information content (AvgIpc) is 3.84. The van der Waals surface area contributed by atoms with E-state index in [0.29, 0.717) is 0 Å². The molecule has 0 N–H and O–H groups in total. The molecule has 0 fully saturated rings. The second kappa shape index (κ2) is 15.5. The molecule has 0 atom stereocenters. The predicted octanol–water partition coefficient (Wildman–Crippen LogP) is 16.4. The van der Waals surface area contributed by atoms with E-state index in [2.05, 4.69) is 276 Å². The molecule has 0 amide bonds. The summed E-state index contributed by atoms with van der Waals surface area (Å²) in [7, 11) is 0. The van der Waals surface area contributed by atoms with E-state index in [1.165, 1.54) is 44.5 Å². The van der Waals surface area contributed by atoms with Crippen molar-refractivity contribution < 1.29 is 0 Å². The molecular formula is C61H43N3. The first-order chi connectivity index (χ1) is 31.8. The van der Waals surface area contributed by atoms with Gasteiger partial charge in [-0.3, -0.25) is 0 Å². The van der Waals surface area contributed by atoms with E-state index in [-0.39, 0.29) is 0 Å². The van der Waals surface area contributed by atoms with Crippen LogP contribution in [0, 0.1) is 0 Å². The van der Waals surface area contributed by atoms with Gasteiger partial charge in [0.05, 0.1) is 11.1 Å². The Morgan fingerprint density at radius 1 is 0.219 bits per heavy atom. The topological polar surface area (TPSA) is 9.72 Å². The number of benzene rings is 10. The van der Waals surface area contributed by atoms with Crippen molar-refractivity contribution in [2.45, 2.75) is 5.41 Å². The Balaban J connectivity index is 1.05. The second-order valence-corrected chi connectivity index (χ2v) is 16.5. The summed E-state index contributed by atoms with van der Waals surface area (Å²) in [6.07, 6.45) is 0. The summed E-state index contributed by atoms with van der Waals surface area (Å²) in [6, 6.07) is 94.7. The van der Waals surface area contributed by atoms with Crippen LogP contribution in [-0.4, -0.2) is 0 Å². The van der Waals surface area contributed by atoms with Crippen LogP contribution in [0.4, 0.5) is 51.2 Å². The van der Waals surface area contributed by atoms with Crippen molar-refractivity contribution in [2.24, 2.45) is 0 Å². The number of anilines is 9. The SMILES string of the molecule is c1ccc(N(c2ccccc2)c2cccc(N(c3ccccc3)c3cccc(N(c4ccccc4)c4cccc5c4-c4ccccc4C54c5ccccc5-c5ccccc54)c3)c2)cc1. The molecule has 10 aromatic carbocycles. The van der Waals surface area contributed by atoms with Gasteiger partial charge in [-0.25, -0.2) is 0 Å². The molecule has 0 saturated carbocycles. The van der Waals surface area contributed by atoms with E-state index in [4.69, 9.17) is 0 Å². The molecule has 2 aliphatic rings. The van der Waals surface area contributed by atoms with Crippen LogP contribution < -0.4 is 14.7 Å². The first-order valence-corrected chi connectivity index (χ1v) is 22.0. The molecule has 2 aliphatic carbocycles. The third-order valence-corrected chi connectivity index (χ3v) is 13.0. The maximum absolute atomic E-state index is 2.46. The fourth-order valence-electron chi connectivity index (χ4n) is 10.5. The van der Waals surface area contributed by atoms with E-state index in [1.54, 1.807) is 0 Å². The maximum atomic E-state index is 2.46. The molecule has 0 bridgehead atoms. The molecule has 0 aromatic heterocycles. The lowest BCUT2D eigenvalue weighted by Crippen LogP contribution is -2.26. The molecule has 0 radical (unpaired) electrons. The van der Waals surface area contributed by atoms with Gasteiger partial charge in [0.25, 0.3) is 0 Å². The number of para-hydroxylation sites is 4. The van der Waals surface area contributed by atoms with Crippen molar-refractivity contribution in [1.82, 2.24) is 0 Å². The summed E-state index contributed by atoms with van der Waals surface area (Å²) < 4.78 is 0. The van der Waals surface area contributed by atoms with Gasteiger partial charge in [-0.1, -0.05) is 170 Å². The van der Waals surface area contributed by atoms with Crippen molar-refractivity contribution in [3.8, 4) is 22.3 Å². The molecule has 3 nitrogen and oxygen atoms in total. The number of rotatable bonds is 9. The fourth-order valence-corrected chi connectivity index (χ4v) is 10.5. The third kappa shape index (κ3) is 5.90. The van der Waals surface area contributed by atoms with Crippen LogP contribution in [0.2, 0.25) is 0 Å². The minimum atomic E-state index is -0.443. The van der Waals surface area contributed by atoms with E-state index in [1.807, 2.05) is 0 Å². The molecule has 10 aromatic rings. The van der Waals surface area contributed by atoms with Crippen molar-refractivity contribution in [2.75, 3.05) is 14.7 Å². The van der Waals surface area contributed by atoms with Crippen LogP contribution in [0.5, 0.6) is 0 Å². The highest BCUT2D eigenvalue weighted by Gasteiger charge is 2.52. The second-order valence-electron chi connectivity index (χ2n) is 16.5. The number of hydrogen-bond donors (Lipinski definition) is 0. The lowest BCUT2D eigenvalue weighted by Gasteiger charge is -2.32. The number of hydrogen-bond acceptors (Lipinski definition) is 3. The van der Waals surface area contributed by atoms with Crippen molar-refractivity contribution >= 4 is 51.2 Å². The third-order valence-electron chi connectivity index (χ3n) is 13.0. The summed E-state index contributed by atoms with van der Waals surface area (Å²) >= 11 is 0. The minimum absolute atomic E-state index is 0.443. The highest BCUT2D eigenvalue weighted by Crippen LogP contribution is 2.64. The van der Waals surface area contributed by atoms with Crippen LogP contribution in [0.15, 0.2) is 261 Å². The lowest BCUT2D eigenvalue weighted by molar-refractivity contribution is 0.794. The Kier molecular flexibility index (Phi) is 9.05. The normalized spacial score (nSPS) is 12.5. The summed E-state index contributed by atoms with van der Waals surface area (Å²) in [5, 5.41) is 0. The fraction of sp³-hybridized carbons (Fsp3) is 0.0164. The van der Waals surface area contributed by atoms with E-state index in [0.717, 1.165) is 51.2 Å². The van der Waals surface area contributed by atoms with Gasteiger partial charge < -0.3 is 14.7 Å². The number of nitrogens with zero attached hydrogens (tertiary/aromatic N) is 3. The Hall–Kier alpha value is -8.40. The molecule has 64 heavy (non-hydrogen) atoms. The van der Waals surface area contributed by atoms with Gasteiger partial charge in [-0.05, 0) is 130 Å². The van der Waals surface area contributed by atoms with Crippen LogP contribution in [0.1, 0.15) is 22.3 Å². The van der Waals surface area contributed by atoms with Gasteiger partial charge in [-0.15, -0.1) is 0 Å². The molecule has 3 heteroatoms. The zero-order valence-corrected chi connectivity index (χ0v) is 35.2. The predicted molar refractivity (Wildman–Crippen MR) is 267 cm³/mol. The lowest BCUT2D eigenvalue weighted by atomic mass is 9.70. The molecule has 0 unspecified atom stereocenters. The van der Waals surface area contributed by atoms with Gasteiger partial charge in [0, 0.05) is 51.1 Å². The molecular weight excluding hydrogens is 775 g/mol. The highest BCUT2D eigenvalue weighted by molar-refractivity contribution is 6.01. The van der Waals surface area contributed by atoms with Gasteiger partial charge in [0.1, 0.15) is 0 Å². The van der Waals surface area contributed by atoms with E-state index < -0.39 is 5.41 Å². The Morgan fingerprint density at radius 2 is 0.516 bits per heavy atom. The van der Waals surface area contributed by atoms with Crippen LogP contribution in [0.3, 0.4) is 0 Å². The molecule has 0 aliphatic heterocycles. The van der Waals surface area contributed by atoms with Gasteiger partial charge in [0.15, 0.2) is 0 Å². The quantitative estimate of drug-likeness (QED) is 0.144. The molecule has 12 rings (SSSR count). The molecule has 0 heterocycles. The monoisotopic (exact) mass is 817 g/mol. The zero-order chi connectivity index (χ0) is 42.5. The highest BCUT2D eigenvalue weighted by atomic mass is 15.2. The smallest absolute Gasteiger partial charge is 0.0726 e. The van der Waals surface area contributed by atoms with Crippen LogP contribution >= 0.6 is 0 Å². The van der Waals surface area contributed by atoms with E-state index in [9.17, 15) is 0 Å². The standard InChI is InChI=1S/C61H43N3/c1-5-22-44(23-6-1)62(45-24-7-2-8-25-45)48-30-19-31-49(42-48)63(46-26-9-3-10-27-46)50-32-20-33-51(43-50)64(47-28-11-4-12-29-47)59-41-21-40-58-60(59)54-36-15-18-39-57(54)61(58)55-37-16-13-34-52(55)53-35-14-17-38-56(53)61/h1-43H. The zero-order valence-electron chi connectivity index (χ0n) is 35.2. The van der Waals surface area contributed by atoms with Crippen molar-refractivity contribution in [3.05, 3.63) is 283 Å². The Labute approximate surface area is 375 Å². The van der Waals surface area contributed by atoms with Gasteiger partial charge >= 0.3 is 0 Å². The Bertz CT molecular complexity index is 3210. The van der Waals surface area contributed by atoms with Crippen molar-refractivity contribution in [3.63, 3.8) is 0 Å². The maximum Gasteiger partial charge on any atom is 0.0726 e. The largest absolute Gasteiger partial charge is 0.310 e. The molecule has 0 saturated heterocycles. The van der Waals surface area contributed by atoms with Crippen LogP contribution in [-0.2, 0) is 5.41 Å². The van der Waals surface area contributed by atoms with Crippen LogP contribution in [0.25, 0.3) is 22.3 Å². The first kappa shape index (κ1) is 37.4. The van der Waals surface area contributed by atoms with Gasteiger partial charge in [-0.2, -0.15) is 0 Å². The Morgan fingerprint density at radius 3 is 0.969 bits per heavy atom. The molecule has 302 valence electrons.